The number of carbonyl (C=O) groups excluding carboxylic acids is 2. The first-order valence-electron chi connectivity index (χ1n) is 9.79. The number of halogens is 1. The molecule has 0 bridgehead atoms. The molecule has 1 aliphatic rings. The molecule has 0 spiro atoms. The number of hydrogen-bond donors (Lipinski definition) is 4. The largest absolute Gasteiger partial charge is 0.394 e. The van der Waals surface area contributed by atoms with Gasteiger partial charge in [0.05, 0.1) is 37.4 Å². The average Bonchev–Trinajstić information content (AvgIpc) is 2.75. The summed E-state index contributed by atoms with van der Waals surface area (Å²) in [5.74, 6) is -0.556. The molecule has 2 heterocycles. The maximum atomic E-state index is 13.0. The number of hydrogen-bond acceptors (Lipinski definition) is 5. The quantitative estimate of drug-likeness (QED) is 0.551. The van der Waals surface area contributed by atoms with Gasteiger partial charge in [0.1, 0.15) is 11.9 Å². The first-order chi connectivity index (χ1) is 14.5. The second-order valence-corrected chi connectivity index (χ2v) is 7.07. The van der Waals surface area contributed by atoms with Gasteiger partial charge in [-0.05, 0) is 49.2 Å². The van der Waals surface area contributed by atoms with Crippen LogP contribution in [-0.2, 0) is 16.1 Å². The minimum absolute atomic E-state index is 0.164. The molecular formula is C21H25FN4O4. The van der Waals surface area contributed by atoms with Crippen molar-refractivity contribution in [2.45, 2.75) is 44.1 Å². The molecule has 1 fully saturated rings. The lowest BCUT2D eigenvalue weighted by atomic mass is 9.97. The van der Waals surface area contributed by atoms with Crippen LogP contribution in [0.1, 0.15) is 25.0 Å². The molecule has 1 aromatic carbocycles. The van der Waals surface area contributed by atoms with E-state index in [1.54, 1.807) is 12.3 Å². The first-order valence-corrected chi connectivity index (χ1v) is 9.79. The van der Waals surface area contributed by atoms with Gasteiger partial charge in [0.25, 0.3) is 0 Å². The Morgan fingerprint density at radius 2 is 1.97 bits per heavy atom. The van der Waals surface area contributed by atoms with Crippen molar-refractivity contribution in [3.63, 3.8) is 0 Å². The van der Waals surface area contributed by atoms with Gasteiger partial charge in [-0.1, -0.05) is 6.07 Å². The SMILES string of the molecule is O=C(C[C@H]1CC[C@@H](NC(=O)Nc2ccc(F)cc2)[C@H](CO)O1)NCc1ccccn1. The molecule has 30 heavy (non-hydrogen) atoms. The van der Waals surface area contributed by atoms with Gasteiger partial charge in [-0.2, -0.15) is 0 Å². The Kier molecular flexibility index (Phi) is 7.69. The summed E-state index contributed by atoms with van der Waals surface area (Å²) >= 11 is 0. The topological polar surface area (TPSA) is 113 Å². The number of nitrogens with one attached hydrogen (secondary N) is 3. The number of carbonyl (C=O) groups is 2. The lowest BCUT2D eigenvalue weighted by Crippen LogP contribution is -2.52. The van der Waals surface area contributed by atoms with Crippen LogP contribution in [0.5, 0.6) is 0 Å². The van der Waals surface area contributed by atoms with E-state index in [0.29, 0.717) is 25.1 Å². The van der Waals surface area contributed by atoms with E-state index in [2.05, 4.69) is 20.9 Å². The number of rotatable bonds is 7. The minimum Gasteiger partial charge on any atom is -0.394 e. The Morgan fingerprint density at radius 1 is 1.17 bits per heavy atom. The van der Waals surface area contributed by atoms with Crippen LogP contribution in [0.3, 0.4) is 0 Å². The van der Waals surface area contributed by atoms with Gasteiger partial charge in [-0.25, -0.2) is 9.18 Å². The molecule has 4 N–H and O–H groups in total. The zero-order valence-corrected chi connectivity index (χ0v) is 16.4. The average molecular weight is 416 g/mol. The molecular weight excluding hydrogens is 391 g/mol. The molecule has 9 heteroatoms. The number of aliphatic hydroxyl groups is 1. The summed E-state index contributed by atoms with van der Waals surface area (Å²) in [7, 11) is 0. The fourth-order valence-electron chi connectivity index (χ4n) is 3.29. The van der Waals surface area contributed by atoms with Crippen molar-refractivity contribution in [2.24, 2.45) is 0 Å². The van der Waals surface area contributed by atoms with Crippen molar-refractivity contribution >= 4 is 17.6 Å². The molecule has 0 unspecified atom stereocenters. The van der Waals surface area contributed by atoms with E-state index < -0.39 is 24.0 Å². The summed E-state index contributed by atoms with van der Waals surface area (Å²) in [4.78, 5) is 28.5. The van der Waals surface area contributed by atoms with Crippen LogP contribution in [0.4, 0.5) is 14.9 Å². The van der Waals surface area contributed by atoms with E-state index in [1.807, 2.05) is 12.1 Å². The third kappa shape index (κ3) is 6.50. The van der Waals surface area contributed by atoms with Crippen molar-refractivity contribution in [2.75, 3.05) is 11.9 Å². The molecule has 0 saturated carbocycles. The maximum Gasteiger partial charge on any atom is 0.319 e. The number of aliphatic hydroxyl groups excluding tert-OH is 1. The van der Waals surface area contributed by atoms with Crippen LogP contribution < -0.4 is 16.0 Å². The van der Waals surface area contributed by atoms with Crippen LogP contribution in [-0.4, -0.2) is 46.9 Å². The summed E-state index contributed by atoms with van der Waals surface area (Å²) in [6, 6.07) is 10.0. The standard InChI is InChI=1S/C21H25FN4O4/c22-14-4-6-15(7-5-14)25-21(29)26-18-9-8-17(30-19(18)13-27)11-20(28)24-12-16-3-1-2-10-23-16/h1-7,10,17-19,27H,8-9,11-13H2,(H,24,28)(H2,25,26,29)/t17-,18-,19+/m1/s1. The van der Waals surface area contributed by atoms with Gasteiger partial charge in [0, 0.05) is 11.9 Å². The number of pyridine rings is 1. The Morgan fingerprint density at radius 3 is 2.67 bits per heavy atom. The second-order valence-electron chi connectivity index (χ2n) is 7.07. The molecule has 3 rings (SSSR count). The highest BCUT2D eigenvalue weighted by Crippen LogP contribution is 2.22. The Hall–Kier alpha value is -3.04. The summed E-state index contributed by atoms with van der Waals surface area (Å²) in [6.45, 7) is 0.0527. The van der Waals surface area contributed by atoms with Crippen LogP contribution >= 0.6 is 0 Å². The third-order valence-corrected chi connectivity index (χ3v) is 4.82. The summed E-state index contributed by atoms with van der Waals surface area (Å²) in [5.41, 5.74) is 1.22. The Bertz CT molecular complexity index is 835. The van der Waals surface area contributed by atoms with E-state index in [4.69, 9.17) is 4.74 Å². The Labute approximate surface area is 173 Å². The monoisotopic (exact) mass is 416 g/mol. The zero-order valence-electron chi connectivity index (χ0n) is 16.4. The van der Waals surface area contributed by atoms with Crippen LogP contribution in [0, 0.1) is 5.82 Å². The summed E-state index contributed by atoms with van der Waals surface area (Å²) in [6.07, 6.45) is 1.99. The number of nitrogens with zero attached hydrogens (tertiary/aromatic N) is 1. The molecule has 3 atom stereocenters. The van der Waals surface area contributed by atoms with Crippen molar-refractivity contribution in [1.29, 1.82) is 0 Å². The lowest BCUT2D eigenvalue weighted by Gasteiger charge is -2.35. The molecule has 0 aliphatic carbocycles. The predicted molar refractivity (Wildman–Crippen MR) is 108 cm³/mol. The number of aromatic nitrogens is 1. The van der Waals surface area contributed by atoms with E-state index in [1.165, 1.54) is 24.3 Å². The molecule has 160 valence electrons. The van der Waals surface area contributed by atoms with Gasteiger partial charge in [0.2, 0.25) is 5.91 Å². The number of ether oxygens (including phenoxy) is 1. The minimum atomic E-state index is -0.619. The summed E-state index contributed by atoms with van der Waals surface area (Å²) in [5, 5.41) is 17.8. The van der Waals surface area contributed by atoms with Gasteiger partial charge < -0.3 is 25.8 Å². The van der Waals surface area contributed by atoms with E-state index in [0.717, 1.165) is 5.69 Å². The number of amides is 3. The van der Waals surface area contributed by atoms with Crippen LogP contribution in [0.25, 0.3) is 0 Å². The molecule has 2 aromatic rings. The third-order valence-electron chi connectivity index (χ3n) is 4.82. The summed E-state index contributed by atoms with van der Waals surface area (Å²) < 4.78 is 18.8. The highest BCUT2D eigenvalue weighted by molar-refractivity contribution is 5.89. The molecule has 1 aliphatic heterocycles. The number of anilines is 1. The molecule has 8 nitrogen and oxygen atoms in total. The highest BCUT2D eigenvalue weighted by atomic mass is 19.1. The predicted octanol–water partition coefficient (Wildman–Crippen LogP) is 1.96. The number of benzene rings is 1. The van der Waals surface area contributed by atoms with E-state index in [9.17, 15) is 19.1 Å². The molecule has 1 saturated heterocycles. The molecule has 3 amide bonds. The Balaban J connectivity index is 1.44. The fraction of sp³-hybridized carbons (Fsp3) is 0.381. The second kappa shape index (κ2) is 10.7. The van der Waals surface area contributed by atoms with Gasteiger partial charge in [0.15, 0.2) is 0 Å². The van der Waals surface area contributed by atoms with Gasteiger partial charge >= 0.3 is 6.03 Å². The van der Waals surface area contributed by atoms with Crippen LogP contribution in [0.15, 0.2) is 48.7 Å². The highest BCUT2D eigenvalue weighted by Gasteiger charge is 2.32. The van der Waals surface area contributed by atoms with Crippen LogP contribution in [0.2, 0.25) is 0 Å². The van der Waals surface area contributed by atoms with E-state index in [-0.39, 0.29) is 25.0 Å². The smallest absolute Gasteiger partial charge is 0.319 e. The lowest BCUT2D eigenvalue weighted by molar-refractivity contribution is -0.130. The van der Waals surface area contributed by atoms with E-state index >= 15 is 0 Å². The van der Waals surface area contributed by atoms with Gasteiger partial charge in [-0.3, -0.25) is 9.78 Å². The van der Waals surface area contributed by atoms with Crippen molar-refractivity contribution in [3.8, 4) is 0 Å². The normalized spacial score (nSPS) is 20.9. The number of urea groups is 1. The van der Waals surface area contributed by atoms with Crippen molar-refractivity contribution < 1.29 is 23.8 Å². The zero-order chi connectivity index (χ0) is 21.3. The fourth-order valence-corrected chi connectivity index (χ4v) is 3.29. The first kappa shape index (κ1) is 21.7. The van der Waals surface area contributed by atoms with Crippen molar-refractivity contribution in [3.05, 3.63) is 60.2 Å². The maximum absolute atomic E-state index is 13.0. The van der Waals surface area contributed by atoms with Gasteiger partial charge in [-0.15, -0.1) is 0 Å². The van der Waals surface area contributed by atoms with Crippen molar-refractivity contribution in [1.82, 2.24) is 15.6 Å². The molecule has 0 radical (unpaired) electrons. The molecule has 1 aromatic heterocycles.